The molecule has 0 bridgehead atoms. The fraction of sp³-hybridized carbons (Fsp3) is 0.533. The summed E-state index contributed by atoms with van der Waals surface area (Å²) in [5.74, 6) is 0.651. The van der Waals surface area contributed by atoms with E-state index in [1.54, 1.807) is 6.07 Å². The van der Waals surface area contributed by atoms with E-state index in [0.29, 0.717) is 18.5 Å². The zero-order chi connectivity index (χ0) is 14.7. The summed E-state index contributed by atoms with van der Waals surface area (Å²) in [6.45, 7) is 4.81. The summed E-state index contributed by atoms with van der Waals surface area (Å²) >= 11 is 0. The maximum Gasteiger partial charge on any atom is 0.125 e. The topological polar surface area (TPSA) is 50.5 Å². The summed E-state index contributed by atoms with van der Waals surface area (Å²) in [5.41, 5.74) is 1.60. The van der Waals surface area contributed by atoms with Crippen LogP contribution in [-0.2, 0) is 17.8 Å². The van der Waals surface area contributed by atoms with Gasteiger partial charge >= 0.3 is 0 Å². The molecule has 0 radical (unpaired) electrons. The molecule has 1 aliphatic heterocycles. The van der Waals surface area contributed by atoms with Crippen molar-refractivity contribution in [1.29, 1.82) is 0 Å². The van der Waals surface area contributed by atoms with Crippen molar-refractivity contribution in [1.82, 2.24) is 14.5 Å². The van der Waals surface area contributed by atoms with Crippen LogP contribution in [-0.4, -0.2) is 52.5 Å². The van der Waals surface area contributed by atoms with E-state index < -0.39 is 0 Å². The molecular weight excluding hydrogens is 273 g/mol. The first kappa shape index (κ1) is 14.4. The Bertz CT molecular complexity index is 608. The van der Waals surface area contributed by atoms with Gasteiger partial charge in [0, 0.05) is 32.3 Å². The molecule has 0 unspecified atom stereocenters. The number of morpholine rings is 1. The van der Waals surface area contributed by atoms with E-state index in [9.17, 15) is 4.39 Å². The maximum absolute atomic E-state index is 13.4. The van der Waals surface area contributed by atoms with Crippen LogP contribution in [0.4, 0.5) is 4.39 Å². The van der Waals surface area contributed by atoms with Crippen molar-refractivity contribution in [3.8, 4) is 0 Å². The van der Waals surface area contributed by atoms with Gasteiger partial charge in [0.1, 0.15) is 11.6 Å². The highest BCUT2D eigenvalue weighted by atomic mass is 19.1. The number of aliphatic hydroxyl groups is 1. The van der Waals surface area contributed by atoms with Crippen LogP contribution in [0.25, 0.3) is 11.0 Å². The molecule has 0 spiro atoms. The van der Waals surface area contributed by atoms with Gasteiger partial charge in [0.25, 0.3) is 0 Å². The predicted octanol–water partition coefficient (Wildman–Crippen LogP) is 1.39. The summed E-state index contributed by atoms with van der Waals surface area (Å²) in [6, 6.07) is 4.68. The minimum Gasteiger partial charge on any atom is -0.396 e. The van der Waals surface area contributed by atoms with E-state index in [2.05, 4.69) is 14.5 Å². The third-order valence-corrected chi connectivity index (χ3v) is 3.80. The number of aromatic nitrogens is 2. The van der Waals surface area contributed by atoms with Gasteiger partial charge in [-0.15, -0.1) is 0 Å². The number of hydrogen-bond acceptors (Lipinski definition) is 4. The minimum absolute atomic E-state index is 0.137. The molecule has 5 nitrogen and oxygen atoms in total. The molecule has 0 atom stereocenters. The molecule has 1 aromatic carbocycles. The monoisotopic (exact) mass is 293 g/mol. The highest BCUT2D eigenvalue weighted by Crippen LogP contribution is 2.19. The number of aliphatic hydroxyl groups excluding tert-OH is 1. The van der Waals surface area contributed by atoms with Gasteiger partial charge in [-0.05, 0) is 18.6 Å². The summed E-state index contributed by atoms with van der Waals surface area (Å²) in [6.07, 6.45) is 0.666. The van der Waals surface area contributed by atoms with Gasteiger partial charge in [0.2, 0.25) is 0 Å². The number of fused-ring (bicyclic) bond motifs is 1. The molecular formula is C15H20FN3O2. The summed E-state index contributed by atoms with van der Waals surface area (Å²) in [5, 5.41) is 9.07. The third kappa shape index (κ3) is 3.23. The molecule has 0 aliphatic carbocycles. The Morgan fingerprint density at radius 1 is 1.29 bits per heavy atom. The zero-order valence-corrected chi connectivity index (χ0v) is 12.0. The van der Waals surface area contributed by atoms with E-state index in [0.717, 1.165) is 44.2 Å². The lowest BCUT2D eigenvalue weighted by Gasteiger charge is -2.26. The Balaban J connectivity index is 1.90. The Labute approximate surface area is 122 Å². The van der Waals surface area contributed by atoms with Crippen LogP contribution in [0.1, 0.15) is 12.2 Å². The number of ether oxygens (including phenoxy) is 1. The van der Waals surface area contributed by atoms with Crippen LogP contribution in [0.3, 0.4) is 0 Å². The molecule has 1 saturated heterocycles. The highest BCUT2D eigenvalue weighted by molar-refractivity contribution is 5.76. The number of benzene rings is 1. The molecule has 2 aromatic rings. The van der Waals surface area contributed by atoms with E-state index in [4.69, 9.17) is 9.84 Å². The van der Waals surface area contributed by atoms with Crippen molar-refractivity contribution >= 4 is 11.0 Å². The molecule has 3 rings (SSSR count). The van der Waals surface area contributed by atoms with Gasteiger partial charge in [-0.1, -0.05) is 0 Å². The second kappa shape index (κ2) is 6.51. The largest absolute Gasteiger partial charge is 0.396 e. The SMILES string of the molecule is OCCCn1c(CN2CCOCC2)nc2cc(F)ccc21. The Morgan fingerprint density at radius 2 is 2.10 bits per heavy atom. The number of halogens is 1. The molecule has 1 N–H and O–H groups in total. The maximum atomic E-state index is 13.4. The Kier molecular flexibility index (Phi) is 4.48. The number of nitrogens with zero attached hydrogens (tertiary/aromatic N) is 3. The van der Waals surface area contributed by atoms with Gasteiger partial charge in [0.15, 0.2) is 0 Å². The van der Waals surface area contributed by atoms with Crippen molar-refractivity contribution in [2.24, 2.45) is 0 Å². The number of aryl methyl sites for hydroxylation is 1. The van der Waals surface area contributed by atoms with Crippen molar-refractivity contribution < 1.29 is 14.2 Å². The van der Waals surface area contributed by atoms with Crippen molar-refractivity contribution in [2.45, 2.75) is 19.5 Å². The van der Waals surface area contributed by atoms with Crippen LogP contribution in [0, 0.1) is 5.82 Å². The van der Waals surface area contributed by atoms with Gasteiger partial charge in [-0.25, -0.2) is 9.37 Å². The van der Waals surface area contributed by atoms with E-state index in [1.807, 2.05) is 0 Å². The van der Waals surface area contributed by atoms with Crippen molar-refractivity contribution in [2.75, 3.05) is 32.9 Å². The Morgan fingerprint density at radius 3 is 2.86 bits per heavy atom. The van der Waals surface area contributed by atoms with Crippen LogP contribution in [0.15, 0.2) is 18.2 Å². The smallest absolute Gasteiger partial charge is 0.125 e. The standard InChI is InChI=1S/C15H20FN3O2/c16-12-2-3-14-13(10-12)17-15(19(14)4-1-7-20)11-18-5-8-21-9-6-18/h2-3,10,20H,1,4-9,11H2. The quantitative estimate of drug-likeness (QED) is 0.905. The minimum atomic E-state index is -0.271. The van der Waals surface area contributed by atoms with E-state index >= 15 is 0 Å². The van der Waals surface area contributed by atoms with Crippen LogP contribution in [0.2, 0.25) is 0 Å². The third-order valence-electron chi connectivity index (χ3n) is 3.80. The van der Waals surface area contributed by atoms with Crippen molar-refractivity contribution in [3.63, 3.8) is 0 Å². The molecule has 1 fully saturated rings. The molecule has 0 saturated carbocycles. The lowest BCUT2D eigenvalue weighted by atomic mass is 10.3. The average molecular weight is 293 g/mol. The summed E-state index contributed by atoms with van der Waals surface area (Å²) in [4.78, 5) is 6.87. The first-order valence-electron chi connectivity index (χ1n) is 7.33. The highest BCUT2D eigenvalue weighted by Gasteiger charge is 2.16. The first-order chi connectivity index (χ1) is 10.3. The van der Waals surface area contributed by atoms with Crippen molar-refractivity contribution in [3.05, 3.63) is 29.8 Å². The molecule has 0 amide bonds. The second-order valence-electron chi connectivity index (χ2n) is 5.28. The first-order valence-corrected chi connectivity index (χ1v) is 7.33. The van der Waals surface area contributed by atoms with Gasteiger partial charge in [0.05, 0.1) is 30.8 Å². The molecule has 21 heavy (non-hydrogen) atoms. The molecule has 1 aliphatic rings. The van der Waals surface area contributed by atoms with Gasteiger partial charge in [-0.3, -0.25) is 4.90 Å². The molecule has 114 valence electrons. The average Bonchev–Trinajstić information content (AvgIpc) is 2.82. The zero-order valence-electron chi connectivity index (χ0n) is 12.0. The van der Waals surface area contributed by atoms with Gasteiger partial charge < -0.3 is 14.4 Å². The van der Waals surface area contributed by atoms with E-state index in [-0.39, 0.29) is 12.4 Å². The van der Waals surface area contributed by atoms with Crippen LogP contribution >= 0.6 is 0 Å². The predicted molar refractivity (Wildman–Crippen MR) is 77.5 cm³/mol. The number of imidazole rings is 1. The number of rotatable bonds is 5. The fourth-order valence-corrected chi connectivity index (χ4v) is 2.71. The fourth-order valence-electron chi connectivity index (χ4n) is 2.71. The second-order valence-corrected chi connectivity index (χ2v) is 5.28. The summed E-state index contributed by atoms with van der Waals surface area (Å²) in [7, 11) is 0. The lowest BCUT2D eigenvalue weighted by molar-refractivity contribution is 0.0326. The molecule has 1 aromatic heterocycles. The summed E-state index contributed by atoms with van der Waals surface area (Å²) < 4.78 is 20.8. The normalized spacial score (nSPS) is 16.7. The van der Waals surface area contributed by atoms with E-state index in [1.165, 1.54) is 12.1 Å². The molecule has 6 heteroatoms. The van der Waals surface area contributed by atoms with Crippen LogP contribution in [0.5, 0.6) is 0 Å². The molecule has 2 heterocycles. The lowest BCUT2D eigenvalue weighted by Crippen LogP contribution is -2.36. The van der Waals surface area contributed by atoms with Gasteiger partial charge in [-0.2, -0.15) is 0 Å². The number of hydrogen-bond donors (Lipinski definition) is 1. The Hall–Kier alpha value is -1.50. The van der Waals surface area contributed by atoms with Crippen LogP contribution < -0.4 is 0 Å².